The summed E-state index contributed by atoms with van der Waals surface area (Å²) in [6.45, 7) is 10.3. The van der Waals surface area contributed by atoms with E-state index in [0.29, 0.717) is 13.2 Å². The molecule has 1 aromatic carbocycles. The minimum atomic E-state index is 0. The van der Waals surface area contributed by atoms with E-state index in [1.807, 2.05) is 18.7 Å². The first-order chi connectivity index (χ1) is 15.5. The van der Waals surface area contributed by atoms with Crippen molar-refractivity contribution in [3.63, 3.8) is 0 Å². The van der Waals surface area contributed by atoms with Crippen LogP contribution in [0.2, 0.25) is 0 Å². The molecule has 1 aliphatic carbocycles. The Morgan fingerprint density at radius 3 is 2.64 bits per heavy atom. The quantitative estimate of drug-likeness (QED) is 0.310. The number of ether oxygens (including phenoxy) is 2. The van der Waals surface area contributed by atoms with Crippen LogP contribution >= 0.6 is 24.0 Å². The standard InChI is InChI=1S/C25H38N4O3.HI/c1-4-26-24(28-20-9-12-29(16-20)23(30)18(2)3)27-17-25(10-5-6-11-25)19-7-8-21-22(15-19)32-14-13-31-21;/h7-8,15,18,20H,4-6,9-14,16-17H2,1-3H3,(H2,26,27,28);1H. The topological polar surface area (TPSA) is 75.2 Å². The van der Waals surface area contributed by atoms with Gasteiger partial charge in [0.25, 0.3) is 0 Å². The van der Waals surface area contributed by atoms with Gasteiger partial charge in [0, 0.05) is 37.0 Å². The van der Waals surface area contributed by atoms with Crippen LogP contribution in [0, 0.1) is 5.92 Å². The Labute approximate surface area is 215 Å². The first kappa shape index (κ1) is 25.9. The lowest BCUT2D eigenvalue weighted by Gasteiger charge is -2.30. The maximum absolute atomic E-state index is 12.3. The van der Waals surface area contributed by atoms with Gasteiger partial charge in [0.2, 0.25) is 5.91 Å². The number of guanidine groups is 1. The highest BCUT2D eigenvalue weighted by atomic mass is 127. The Morgan fingerprint density at radius 2 is 1.94 bits per heavy atom. The number of benzene rings is 1. The second kappa shape index (κ2) is 11.6. The molecule has 1 saturated carbocycles. The summed E-state index contributed by atoms with van der Waals surface area (Å²) in [6, 6.07) is 6.66. The minimum absolute atomic E-state index is 0. The van der Waals surface area contributed by atoms with E-state index in [2.05, 4.69) is 35.8 Å². The number of halogens is 1. The molecule has 8 heteroatoms. The molecule has 3 aliphatic rings. The molecular formula is C25H39IN4O3. The maximum Gasteiger partial charge on any atom is 0.225 e. The molecule has 2 heterocycles. The van der Waals surface area contributed by atoms with Crippen molar-refractivity contribution in [3.8, 4) is 11.5 Å². The van der Waals surface area contributed by atoms with E-state index < -0.39 is 0 Å². The molecule has 184 valence electrons. The molecule has 1 saturated heterocycles. The normalized spacial score (nSPS) is 21.6. The Bertz CT molecular complexity index is 839. The first-order valence-corrected chi connectivity index (χ1v) is 12.2. The van der Waals surface area contributed by atoms with Crippen molar-refractivity contribution in [1.29, 1.82) is 0 Å². The van der Waals surface area contributed by atoms with Crippen LogP contribution in [0.1, 0.15) is 58.4 Å². The zero-order valence-electron chi connectivity index (χ0n) is 20.2. The van der Waals surface area contributed by atoms with Crippen LogP contribution in [0.5, 0.6) is 11.5 Å². The summed E-state index contributed by atoms with van der Waals surface area (Å²) in [5.74, 6) is 2.83. The molecule has 0 radical (unpaired) electrons. The third kappa shape index (κ3) is 6.05. The van der Waals surface area contributed by atoms with Gasteiger partial charge in [0.1, 0.15) is 13.2 Å². The van der Waals surface area contributed by atoms with Gasteiger partial charge in [-0.05, 0) is 43.9 Å². The predicted molar refractivity (Wildman–Crippen MR) is 142 cm³/mol. The van der Waals surface area contributed by atoms with Gasteiger partial charge < -0.3 is 25.0 Å². The van der Waals surface area contributed by atoms with E-state index in [9.17, 15) is 4.79 Å². The number of carbonyl (C=O) groups is 1. The van der Waals surface area contributed by atoms with Crippen LogP contribution in [0.15, 0.2) is 23.2 Å². The molecule has 0 bridgehead atoms. The Hall–Kier alpha value is -1.71. The van der Waals surface area contributed by atoms with Gasteiger partial charge in [-0.25, -0.2) is 0 Å². The minimum Gasteiger partial charge on any atom is -0.486 e. The third-order valence-electron chi connectivity index (χ3n) is 6.93. The maximum atomic E-state index is 12.3. The second-order valence-electron chi connectivity index (χ2n) is 9.61. The van der Waals surface area contributed by atoms with Crippen LogP contribution in [-0.2, 0) is 10.2 Å². The Balaban J connectivity index is 0.00000306. The molecule has 2 aliphatic heterocycles. The number of likely N-dealkylation sites (tertiary alicyclic amines) is 1. The number of carbonyl (C=O) groups excluding carboxylic acids is 1. The fourth-order valence-electron chi connectivity index (χ4n) is 5.15. The highest BCUT2D eigenvalue weighted by molar-refractivity contribution is 14.0. The van der Waals surface area contributed by atoms with E-state index in [1.165, 1.54) is 18.4 Å². The summed E-state index contributed by atoms with van der Waals surface area (Å²) < 4.78 is 11.6. The molecule has 2 fully saturated rings. The van der Waals surface area contributed by atoms with Crippen molar-refractivity contribution in [2.75, 3.05) is 39.4 Å². The van der Waals surface area contributed by atoms with Crippen molar-refractivity contribution in [2.24, 2.45) is 10.9 Å². The molecule has 1 unspecified atom stereocenters. The SMILES string of the molecule is CCNC(=NCC1(c2ccc3c(c2)OCCO3)CCCC1)NC1CCN(C(=O)C(C)C)C1.I. The monoisotopic (exact) mass is 570 g/mol. The summed E-state index contributed by atoms with van der Waals surface area (Å²) in [4.78, 5) is 19.4. The molecule has 1 amide bonds. The van der Waals surface area contributed by atoms with Crippen molar-refractivity contribution < 1.29 is 14.3 Å². The number of nitrogens with zero attached hydrogens (tertiary/aromatic N) is 2. The molecule has 2 N–H and O–H groups in total. The van der Waals surface area contributed by atoms with Gasteiger partial charge in [-0.15, -0.1) is 24.0 Å². The lowest BCUT2D eigenvalue weighted by molar-refractivity contribution is -0.133. The lowest BCUT2D eigenvalue weighted by Crippen LogP contribution is -2.46. The Kier molecular flexibility index (Phi) is 9.12. The average Bonchev–Trinajstić information content (AvgIpc) is 3.47. The fraction of sp³-hybridized carbons (Fsp3) is 0.680. The zero-order valence-corrected chi connectivity index (χ0v) is 22.5. The fourth-order valence-corrected chi connectivity index (χ4v) is 5.15. The summed E-state index contributed by atoms with van der Waals surface area (Å²) in [5.41, 5.74) is 1.33. The third-order valence-corrected chi connectivity index (χ3v) is 6.93. The zero-order chi connectivity index (χ0) is 22.6. The largest absolute Gasteiger partial charge is 0.486 e. The number of hydrogen-bond donors (Lipinski definition) is 2. The molecule has 7 nitrogen and oxygen atoms in total. The number of rotatable bonds is 6. The highest BCUT2D eigenvalue weighted by Crippen LogP contribution is 2.44. The number of amides is 1. The summed E-state index contributed by atoms with van der Waals surface area (Å²) in [5, 5.41) is 6.99. The Morgan fingerprint density at radius 1 is 1.21 bits per heavy atom. The van der Waals surface area contributed by atoms with Crippen LogP contribution < -0.4 is 20.1 Å². The van der Waals surface area contributed by atoms with E-state index in [-0.39, 0.29) is 47.3 Å². The summed E-state index contributed by atoms with van der Waals surface area (Å²) >= 11 is 0. The second-order valence-corrected chi connectivity index (χ2v) is 9.61. The van der Waals surface area contributed by atoms with Gasteiger partial charge in [0.05, 0.1) is 6.54 Å². The molecule has 1 aromatic rings. The lowest BCUT2D eigenvalue weighted by atomic mass is 9.79. The van der Waals surface area contributed by atoms with E-state index in [4.69, 9.17) is 14.5 Å². The molecular weight excluding hydrogens is 531 g/mol. The van der Waals surface area contributed by atoms with Crippen LogP contribution in [-0.4, -0.2) is 62.2 Å². The first-order valence-electron chi connectivity index (χ1n) is 12.2. The van der Waals surface area contributed by atoms with Crippen molar-refractivity contribution in [1.82, 2.24) is 15.5 Å². The van der Waals surface area contributed by atoms with Gasteiger partial charge in [-0.1, -0.05) is 32.8 Å². The van der Waals surface area contributed by atoms with E-state index in [0.717, 1.165) is 62.9 Å². The van der Waals surface area contributed by atoms with E-state index in [1.54, 1.807) is 0 Å². The molecule has 0 spiro atoms. The van der Waals surface area contributed by atoms with Crippen LogP contribution in [0.3, 0.4) is 0 Å². The van der Waals surface area contributed by atoms with Gasteiger partial charge in [0.15, 0.2) is 17.5 Å². The number of hydrogen-bond acceptors (Lipinski definition) is 4. The van der Waals surface area contributed by atoms with Crippen molar-refractivity contribution in [2.45, 2.75) is 64.3 Å². The van der Waals surface area contributed by atoms with Crippen molar-refractivity contribution >= 4 is 35.8 Å². The van der Waals surface area contributed by atoms with E-state index >= 15 is 0 Å². The van der Waals surface area contributed by atoms with Crippen LogP contribution in [0.4, 0.5) is 0 Å². The number of nitrogens with one attached hydrogen (secondary N) is 2. The van der Waals surface area contributed by atoms with Gasteiger partial charge in [-0.2, -0.15) is 0 Å². The van der Waals surface area contributed by atoms with Gasteiger partial charge in [-0.3, -0.25) is 9.79 Å². The number of aliphatic imine (C=N–C) groups is 1. The molecule has 4 rings (SSSR count). The highest BCUT2D eigenvalue weighted by Gasteiger charge is 2.37. The molecule has 0 aromatic heterocycles. The summed E-state index contributed by atoms with van der Waals surface area (Å²) in [6.07, 6.45) is 5.67. The number of fused-ring (bicyclic) bond motifs is 1. The summed E-state index contributed by atoms with van der Waals surface area (Å²) in [7, 11) is 0. The molecule has 1 atom stereocenters. The smallest absolute Gasteiger partial charge is 0.225 e. The predicted octanol–water partition coefficient (Wildman–Crippen LogP) is 3.70. The molecule has 33 heavy (non-hydrogen) atoms. The van der Waals surface area contributed by atoms with Crippen LogP contribution in [0.25, 0.3) is 0 Å². The van der Waals surface area contributed by atoms with Crippen molar-refractivity contribution in [3.05, 3.63) is 23.8 Å². The average molecular weight is 571 g/mol. The van der Waals surface area contributed by atoms with Gasteiger partial charge >= 0.3 is 0 Å².